The van der Waals surface area contributed by atoms with Crippen molar-refractivity contribution in [2.75, 3.05) is 6.54 Å². The highest BCUT2D eigenvalue weighted by atomic mass is 16.1. The molecule has 0 bridgehead atoms. The van der Waals surface area contributed by atoms with E-state index < -0.39 is 0 Å². The van der Waals surface area contributed by atoms with Crippen LogP contribution in [0.25, 0.3) is 0 Å². The molecule has 0 spiro atoms. The predicted octanol–water partition coefficient (Wildman–Crippen LogP) is 3.20. The van der Waals surface area contributed by atoms with E-state index in [2.05, 4.69) is 62.6 Å². The van der Waals surface area contributed by atoms with Gasteiger partial charge in [0.25, 0.3) is 0 Å². The van der Waals surface area contributed by atoms with Gasteiger partial charge in [0.1, 0.15) is 0 Å². The molecule has 1 unspecified atom stereocenters. The molecule has 0 aliphatic heterocycles. The molecule has 0 radical (unpaired) electrons. The summed E-state index contributed by atoms with van der Waals surface area (Å²) in [6, 6.07) is 9.05. The second-order valence-corrected chi connectivity index (χ2v) is 5.28. The molecule has 0 saturated heterocycles. The third-order valence-electron chi connectivity index (χ3n) is 3.81. The van der Waals surface area contributed by atoms with E-state index >= 15 is 0 Å². The van der Waals surface area contributed by atoms with E-state index in [1.807, 2.05) is 0 Å². The van der Waals surface area contributed by atoms with Gasteiger partial charge in [-0.05, 0) is 37.3 Å². The molecule has 0 heterocycles. The Morgan fingerprint density at radius 3 is 2.20 bits per heavy atom. The van der Waals surface area contributed by atoms with E-state index in [1.165, 1.54) is 11.1 Å². The van der Waals surface area contributed by atoms with E-state index in [9.17, 15) is 4.79 Å². The van der Waals surface area contributed by atoms with Crippen molar-refractivity contribution in [3.05, 3.63) is 35.4 Å². The lowest BCUT2D eigenvalue weighted by Gasteiger charge is -2.17. The standard InChI is InChI=1S/C17H28N2O/c1-5-14-8-10-15(11-9-14)13(4)18-12-17(20)19-16(6-2)7-3/h8-11,13,16,18H,5-7,12H2,1-4H3,(H,19,20). The summed E-state index contributed by atoms with van der Waals surface area (Å²) in [5.74, 6) is 0.0794. The van der Waals surface area contributed by atoms with Gasteiger partial charge in [-0.15, -0.1) is 0 Å². The van der Waals surface area contributed by atoms with Gasteiger partial charge in [0.15, 0.2) is 0 Å². The highest BCUT2D eigenvalue weighted by molar-refractivity contribution is 5.78. The molecule has 0 aliphatic rings. The smallest absolute Gasteiger partial charge is 0.234 e. The highest BCUT2D eigenvalue weighted by Crippen LogP contribution is 2.13. The Labute approximate surface area is 123 Å². The third kappa shape index (κ3) is 5.33. The van der Waals surface area contributed by atoms with Crippen molar-refractivity contribution in [3.8, 4) is 0 Å². The second kappa shape index (κ2) is 8.75. The Hall–Kier alpha value is -1.35. The summed E-state index contributed by atoms with van der Waals surface area (Å²) in [7, 11) is 0. The number of carbonyl (C=O) groups is 1. The molecule has 1 amide bonds. The molecular formula is C17H28N2O. The fraction of sp³-hybridized carbons (Fsp3) is 0.588. The molecule has 112 valence electrons. The van der Waals surface area contributed by atoms with Crippen molar-refractivity contribution in [2.45, 2.75) is 59.0 Å². The maximum Gasteiger partial charge on any atom is 0.234 e. The Morgan fingerprint density at radius 1 is 1.10 bits per heavy atom. The molecule has 2 N–H and O–H groups in total. The summed E-state index contributed by atoms with van der Waals surface area (Å²) in [4.78, 5) is 11.8. The van der Waals surface area contributed by atoms with E-state index in [0.29, 0.717) is 12.6 Å². The Bertz CT molecular complexity index is 396. The van der Waals surface area contributed by atoms with E-state index in [-0.39, 0.29) is 11.9 Å². The molecule has 0 fully saturated rings. The molecule has 0 saturated carbocycles. The summed E-state index contributed by atoms with van der Waals surface area (Å²) in [6.07, 6.45) is 3.02. The minimum absolute atomic E-state index is 0.0794. The number of rotatable bonds is 8. The molecule has 1 aromatic rings. The maximum absolute atomic E-state index is 11.8. The second-order valence-electron chi connectivity index (χ2n) is 5.28. The van der Waals surface area contributed by atoms with Crippen LogP contribution < -0.4 is 10.6 Å². The van der Waals surface area contributed by atoms with Crippen molar-refractivity contribution < 1.29 is 4.79 Å². The van der Waals surface area contributed by atoms with Crippen molar-refractivity contribution >= 4 is 5.91 Å². The van der Waals surface area contributed by atoms with Crippen molar-refractivity contribution in [2.24, 2.45) is 0 Å². The van der Waals surface area contributed by atoms with Gasteiger partial charge < -0.3 is 10.6 Å². The normalized spacial score (nSPS) is 12.4. The van der Waals surface area contributed by atoms with Gasteiger partial charge in [-0.3, -0.25) is 4.79 Å². The van der Waals surface area contributed by atoms with Crippen LogP contribution in [0.3, 0.4) is 0 Å². The summed E-state index contributed by atoms with van der Waals surface area (Å²) < 4.78 is 0. The zero-order chi connectivity index (χ0) is 15.0. The largest absolute Gasteiger partial charge is 0.352 e. The highest BCUT2D eigenvalue weighted by Gasteiger charge is 2.10. The molecule has 20 heavy (non-hydrogen) atoms. The maximum atomic E-state index is 11.8. The number of hydrogen-bond donors (Lipinski definition) is 2. The average molecular weight is 276 g/mol. The SMILES string of the molecule is CCc1ccc(C(C)NCC(=O)NC(CC)CC)cc1. The molecule has 1 aromatic carbocycles. The van der Waals surface area contributed by atoms with Crippen LogP contribution >= 0.6 is 0 Å². The summed E-state index contributed by atoms with van der Waals surface area (Å²) in [5.41, 5.74) is 2.56. The summed E-state index contributed by atoms with van der Waals surface area (Å²) >= 11 is 0. The number of aryl methyl sites for hydroxylation is 1. The van der Waals surface area contributed by atoms with Crippen LogP contribution in [0.4, 0.5) is 0 Å². The van der Waals surface area contributed by atoms with Crippen LogP contribution in [-0.4, -0.2) is 18.5 Å². The fourth-order valence-corrected chi connectivity index (χ4v) is 2.18. The van der Waals surface area contributed by atoms with Crippen molar-refractivity contribution in [3.63, 3.8) is 0 Å². The van der Waals surface area contributed by atoms with Gasteiger partial charge in [-0.2, -0.15) is 0 Å². The predicted molar refractivity (Wildman–Crippen MR) is 84.8 cm³/mol. The minimum atomic E-state index is 0.0794. The first kappa shape index (κ1) is 16.7. The number of nitrogens with one attached hydrogen (secondary N) is 2. The lowest BCUT2D eigenvalue weighted by atomic mass is 10.1. The topological polar surface area (TPSA) is 41.1 Å². The van der Waals surface area contributed by atoms with Crippen LogP contribution in [0, 0.1) is 0 Å². The van der Waals surface area contributed by atoms with Crippen LogP contribution in [0.15, 0.2) is 24.3 Å². The van der Waals surface area contributed by atoms with Gasteiger partial charge in [0, 0.05) is 12.1 Å². The van der Waals surface area contributed by atoms with Crippen LogP contribution in [0.1, 0.15) is 57.7 Å². The zero-order valence-corrected chi connectivity index (χ0v) is 13.2. The van der Waals surface area contributed by atoms with Gasteiger partial charge in [-0.1, -0.05) is 45.0 Å². The number of amides is 1. The molecule has 1 atom stereocenters. The van der Waals surface area contributed by atoms with Crippen LogP contribution in [0.2, 0.25) is 0 Å². The molecular weight excluding hydrogens is 248 g/mol. The minimum Gasteiger partial charge on any atom is -0.352 e. The lowest BCUT2D eigenvalue weighted by Crippen LogP contribution is -2.40. The van der Waals surface area contributed by atoms with Crippen LogP contribution in [0.5, 0.6) is 0 Å². The number of carbonyl (C=O) groups excluding carboxylic acids is 1. The van der Waals surface area contributed by atoms with Crippen molar-refractivity contribution in [1.29, 1.82) is 0 Å². The quantitative estimate of drug-likeness (QED) is 0.765. The lowest BCUT2D eigenvalue weighted by molar-refractivity contribution is -0.121. The monoisotopic (exact) mass is 276 g/mol. The van der Waals surface area contributed by atoms with Crippen molar-refractivity contribution in [1.82, 2.24) is 10.6 Å². The Kier molecular flexibility index (Phi) is 7.31. The molecule has 3 nitrogen and oxygen atoms in total. The van der Waals surface area contributed by atoms with E-state index in [0.717, 1.165) is 19.3 Å². The van der Waals surface area contributed by atoms with Gasteiger partial charge in [0.2, 0.25) is 5.91 Å². The molecule has 0 aromatic heterocycles. The van der Waals surface area contributed by atoms with Gasteiger partial charge in [-0.25, -0.2) is 0 Å². The summed E-state index contributed by atoms with van der Waals surface area (Å²) in [5, 5.41) is 6.32. The van der Waals surface area contributed by atoms with E-state index in [4.69, 9.17) is 0 Å². The molecule has 1 rings (SSSR count). The average Bonchev–Trinajstić information content (AvgIpc) is 2.50. The van der Waals surface area contributed by atoms with Gasteiger partial charge >= 0.3 is 0 Å². The first-order valence-electron chi connectivity index (χ1n) is 7.72. The first-order valence-corrected chi connectivity index (χ1v) is 7.72. The molecule has 3 heteroatoms. The summed E-state index contributed by atoms with van der Waals surface area (Å²) in [6.45, 7) is 8.80. The Morgan fingerprint density at radius 2 is 1.70 bits per heavy atom. The zero-order valence-electron chi connectivity index (χ0n) is 13.2. The van der Waals surface area contributed by atoms with Gasteiger partial charge in [0.05, 0.1) is 6.54 Å². The first-order chi connectivity index (χ1) is 9.60. The number of benzene rings is 1. The third-order valence-corrected chi connectivity index (χ3v) is 3.81. The molecule has 0 aliphatic carbocycles. The van der Waals surface area contributed by atoms with E-state index in [1.54, 1.807) is 0 Å². The number of hydrogen-bond acceptors (Lipinski definition) is 2. The fourth-order valence-electron chi connectivity index (χ4n) is 2.18. The van der Waals surface area contributed by atoms with Crippen LogP contribution in [-0.2, 0) is 11.2 Å². The Balaban J connectivity index is 2.41.